The Morgan fingerprint density at radius 1 is 1.03 bits per heavy atom. The number of piperidine rings is 1. The number of hydrogen-bond acceptors (Lipinski definition) is 6. The Balaban J connectivity index is 1.22. The van der Waals surface area contributed by atoms with Gasteiger partial charge in [0.05, 0.1) is 35.4 Å². The van der Waals surface area contributed by atoms with Crippen molar-refractivity contribution in [3.05, 3.63) is 77.9 Å². The SMILES string of the molecule is NC(=O)c1nn(CC(=O)N2[C@@H]3C[C@@H]3C[C@H]2C(=O)Cc2cccc(-c3c(F)cccc3F)n2)c2cnccc12. The summed E-state index contributed by atoms with van der Waals surface area (Å²) in [4.78, 5) is 48.6. The number of fused-ring (bicyclic) bond motifs is 2. The van der Waals surface area contributed by atoms with Crippen LogP contribution in [-0.4, -0.2) is 54.3 Å². The molecule has 0 radical (unpaired) electrons. The van der Waals surface area contributed by atoms with E-state index >= 15 is 0 Å². The molecule has 0 unspecified atom stereocenters. The van der Waals surface area contributed by atoms with E-state index in [1.165, 1.54) is 29.2 Å². The summed E-state index contributed by atoms with van der Waals surface area (Å²) in [7, 11) is 0. The Morgan fingerprint density at radius 3 is 2.55 bits per heavy atom. The van der Waals surface area contributed by atoms with Crippen LogP contribution in [0.2, 0.25) is 0 Å². The lowest BCUT2D eigenvalue weighted by Gasteiger charge is -2.27. The quantitative estimate of drug-likeness (QED) is 0.403. The standard InChI is InChI=1S/C27H22F2N6O3/c28-17-4-2-5-18(29)25(17)19-6-1-3-15(32-19)11-23(36)21-10-14-9-20(14)35(21)24(37)13-34-22-12-31-8-7-16(22)26(33-34)27(30)38/h1-8,12,14,20-21H,9-11,13H2,(H2,30,38)/t14-,20-,21+/m1/s1. The van der Waals surface area contributed by atoms with Crippen LogP contribution in [0.4, 0.5) is 8.78 Å². The number of primary amides is 1. The van der Waals surface area contributed by atoms with Gasteiger partial charge in [-0.15, -0.1) is 0 Å². The summed E-state index contributed by atoms with van der Waals surface area (Å²) in [5.74, 6) is -2.45. The summed E-state index contributed by atoms with van der Waals surface area (Å²) in [6, 6.07) is 9.22. The molecule has 4 heterocycles. The van der Waals surface area contributed by atoms with Gasteiger partial charge in [0, 0.05) is 23.3 Å². The minimum atomic E-state index is -0.741. The summed E-state index contributed by atoms with van der Waals surface area (Å²) in [5.41, 5.74) is 6.19. The van der Waals surface area contributed by atoms with E-state index < -0.39 is 23.6 Å². The molecule has 1 aromatic carbocycles. The molecular formula is C27H22F2N6O3. The van der Waals surface area contributed by atoms with Gasteiger partial charge in [-0.05, 0) is 49.1 Å². The predicted octanol–water partition coefficient (Wildman–Crippen LogP) is 2.67. The molecule has 3 aromatic heterocycles. The highest BCUT2D eigenvalue weighted by atomic mass is 19.1. The lowest BCUT2D eigenvalue weighted by Crippen LogP contribution is -2.45. The maximum atomic E-state index is 14.3. The van der Waals surface area contributed by atoms with Crippen molar-refractivity contribution in [2.75, 3.05) is 0 Å². The Morgan fingerprint density at radius 2 is 1.79 bits per heavy atom. The number of aromatic nitrogens is 4. The second-order valence-electron chi connectivity index (χ2n) is 9.63. The highest BCUT2D eigenvalue weighted by molar-refractivity contribution is 6.04. The van der Waals surface area contributed by atoms with Gasteiger partial charge < -0.3 is 10.6 Å². The van der Waals surface area contributed by atoms with Gasteiger partial charge in [-0.25, -0.2) is 8.78 Å². The fourth-order valence-corrected chi connectivity index (χ4v) is 5.39. The zero-order valence-corrected chi connectivity index (χ0v) is 20.1. The average Bonchev–Trinajstić information content (AvgIpc) is 3.39. The molecule has 2 amide bonds. The van der Waals surface area contributed by atoms with Crippen LogP contribution in [-0.2, 0) is 22.6 Å². The largest absolute Gasteiger partial charge is 0.364 e. The second kappa shape index (κ2) is 9.09. The minimum Gasteiger partial charge on any atom is -0.364 e. The maximum absolute atomic E-state index is 14.3. The fraction of sp³-hybridized carbons (Fsp3) is 0.259. The number of carbonyl (C=O) groups excluding carboxylic acids is 3. The van der Waals surface area contributed by atoms with E-state index in [1.54, 1.807) is 23.1 Å². The summed E-state index contributed by atoms with van der Waals surface area (Å²) in [6.07, 6.45) is 4.30. The Hall–Kier alpha value is -4.54. The molecule has 1 saturated carbocycles. The van der Waals surface area contributed by atoms with Crippen LogP contribution in [0.1, 0.15) is 29.0 Å². The average molecular weight is 517 g/mol. The van der Waals surface area contributed by atoms with Gasteiger partial charge in [-0.3, -0.25) is 29.0 Å². The van der Waals surface area contributed by atoms with Crippen molar-refractivity contribution in [2.45, 2.75) is 37.9 Å². The molecule has 1 aliphatic carbocycles. The third kappa shape index (κ3) is 4.09. The molecule has 3 atom stereocenters. The Kier molecular flexibility index (Phi) is 5.70. The van der Waals surface area contributed by atoms with Crippen LogP contribution >= 0.6 is 0 Å². The molecule has 6 rings (SSSR count). The molecule has 1 saturated heterocycles. The molecular weight excluding hydrogens is 494 g/mol. The second-order valence-corrected chi connectivity index (χ2v) is 9.63. The van der Waals surface area contributed by atoms with E-state index in [1.807, 2.05) is 0 Å². The van der Waals surface area contributed by atoms with Crippen LogP contribution in [0.3, 0.4) is 0 Å². The summed E-state index contributed by atoms with van der Waals surface area (Å²) in [5, 5.41) is 4.72. The highest BCUT2D eigenvalue weighted by Crippen LogP contribution is 2.48. The smallest absolute Gasteiger partial charge is 0.269 e. The first kappa shape index (κ1) is 23.8. The number of rotatable bonds is 7. The maximum Gasteiger partial charge on any atom is 0.269 e. The number of ketones is 1. The van der Waals surface area contributed by atoms with Crippen LogP contribution in [0, 0.1) is 17.6 Å². The van der Waals surface area contributed by atoms with Crippen molar-refractivity contribution < 1.29 is 23.2 Å². The van der Waals surface area contributed by atoms with Crippen LogP contribution < -0.4 is 5.73 Å². The van der Waals surface area contributed by atoms with Gasteiger partial charge in [-0.1, -0.05) is 12.1 Å². The first-order chi connectivity index (χ1) is 18.3. The van der Waals surface area contributed by atoms with E-state index in [2.05, 4.69) is 15.1 Å². The van der Waals surface area contributed by atoms with E-state index in [9.17, 15) is 23.2 Å². The molecule has 9 nitrogen and oxygen atoms in total. The predicted molar refractivity (Wildman–Crippen MR) is 131 cm³/mol. The molecule has 0 spiro atoms. The van der Waals surface area contributed by atoms with Crippen molar-refractivity contribution in [3.63, 3.8) is 0 Å². The Labute approximate surface area is 215 Å². The first-order valence-electron chi connectivity index (χ1n) is 12.2. The number of carbonyl (C=O) groups is 3. The van der Waals surface area contributed by atoms with Gasteiger partial charge in [0.15, 0.2) is 11.5 Å². The molecule has 0 bridgehead atoms. The number of likely N-dealkylation sites (tertiary alicyclic amines) is 1. The van der Waals surface area contributed by atoms with Gasteiger partial charge in [0.25, 0.3) is 5.91 Å². The van der Waals surface area contributed by atoms with Crippen molar-refractivity contribution in [3.8, 4) is 11.3 Å². The van der Waals surface area contributed by atoms with Crippen LogP contribution in [0.5, 0.6) is 0 Å². The zero-order valence-electron chi connectivity index (χ0n) is 20.1. The van der Waals surface area contributed by atoms with E-state index in [0.29, 0.717) is 23.0 Å². The molecule has 38 heavy (non-hydrogen) atoms. The van der Waals surface area contributed by atoms with E-state index in [4.69, 9.17) is 5.73 Å². The number of Topliss-reactive ketones (excluding diaryl/α,β-unsaturated/α-hetero) is 1. The number of pyridine rings is 2. The van der Waals surface area contributed by atoms with Gasteiger partial charge in [-0.2, -0.15) is 5.10 Å². The molecule has 192 valence electrons. The van der Waals surface area contributed by atoms with Crippen molar-refractivity contribution in [2.24, 2.45) is 11.7 Å². The molecule has 2 aliphatic rings. The van der Waals surface area contributed by atoms with Gasteiger partial charge in [0.2, 0.25) is 5.91 Å². The monoisotopic (exact) mass is 516 g/mol. The van der Waals surface area contributed by atoms with Gasteiger partial charge in [0.1, 0.15) is 18.2 Å². The third-order valence-corrected chi connectivity index (χ3v) is 7.22. The number of nitrogens with zero attached hydrogens (tertiary/aromatic N) is 5. The van der Waals surface area contributed by atoms with Crippen LogP contribution in [0.25, 0.3) is 22.2 Å². The number of amides is 2. The normalized spacial score (nSPS) is 19.9. The summed E-state index contributed by atoms with van der Waals surface area (Å²) in [6.45, 7) is -0.178. The van der Waals surface area contributed by atoms with E-state index in [-0.39, 0.29) is 53.6 Å². The van der Waals surface area contributed by atoms with E-state index in [0.717, 1.165) is 18.6 Å². The molecule has 2 fully saturated rings. The first-order valence-corrected chi connectivity index (χ1v) is 12.2. The van der Waals surface area contributed by atoms with Crippen molar-refractivity contribution >= 4 is 28.5 Å². The minimum absolute atomic E-state index is 0.0289. The summed E-state index contributed by atoms with van der Waals surface area (Å²) >= 11 is 0. The topological polar surface area (TPSA) is 124 Å². The number of benzene rings is 1. The van der Waals surface area contributed by atoms with Crippen molar-refractivity contribution in [1.29, 1.82) is 0 Å². The fourth-order valence-electron chi connectivity index (χ4n) is 5.39. The molecule has 1 aliphatic heterocycles. The molecule has 2 N–H and O–H groups in total. The van der Waals surface area contributed by atoms with Gasteiger partial charge >= 0.3 is 0 Å². The molecule has 11 heteroatoms. The Bertz CT molecular complexity index is 1600. The number of halogens is 2. The number of nitrogens with two attached hydrogens (primary N) is 1. The third-order valence-electron chi connectivity index (χ3n) is 7.22. The van der Waals surface area contributed by atoms with Crippen LogP contribution in [0.15, 0.2) is 54.9 Å². The summed E-state index contributed by atoms with van der Waals surface area (Å²) < 4.78 is 29.9. The lowest BCUT2D eigenvalue weighted by atomic mass is 10.0. The lowest BCUT2D eigenvalue weighted by molar-refractivity contribution is -0.139. The zero-order chi connectivity index (χ0) is 26.6. The highest BCUT2D eigenvalue weighted by Gasteiger charge is 2.55. The number of hydrogen-bond donors (Lipinski definition) is 1. The molecule has 4 aromatic rings. The van der Waals surface area contributed by atoms with Crippen molar-refractivity contribution in [1.82, 2.24) is 24.6 Å².